The number of hydrogen-bond donors (Lipinski definition) is 0. The van der Waals surface area contributed by atoms with Crippen LogP contribution in [0.2, 0.25) is 0 Å². The summed E-state index contributed by atoms with van der Waals surface area (Å²) in [4.78, 5) is 0. The maximum Gasteiger partial charge on any atom is 0.359 e. The fraction of sp³-hybridized carbons (Fsp3) is 1.00. The molecule has 72 valence electrons. The van der Waals surface area contributed by atoms with Gasteiger partial charge in [0.05, 0.1) is 0 Å². The third-order valence-corrected chi connectivity index (χ3v) is 2.58. The maximum absolute atomic E-state index is 12.7. The molecule has 1 fully saturated rings. The molecule has 0 aromatic carbocycles. The van der Waals surface area contributed by atoms with Gasteiger partial charge in [-0.1, -0.05) is 23.2 Å². The van der Waals surface area contributed by atoms with E-state index in [1.54, 1.807) is 0 Å². The molecule has 0 N–H and O–H groups in total. The van der Waals surface area contributed by atoms with E-state index in [-0.39, 0.29) is 0 Å². The highest BCUT2D eigenvalue weighted by Gasteiger charge is 2.98. The molecule has 0 bridgehead atoms. The first kappa shape index (κ1) is 10.8. The summed E-state index contributed by atoms with van der Waals surface area (Å²) in [6.07, 6.45) is 0. The molecule has 0 aromatic rings. The highest BCUT2D eigenvalue weighted by Crippen LogP contribution is 2.71. The molecule has 1 aliphatic rings. The normalized spacial score (nSPS) is 45.0. The van der Waals surface area contributed by atoms with E-state index in [4.69, 9.17) is 23.2 Å². The van der Waals surface area contributed by atoms with Crippen molar-refractivity contribution >= 4 is 39.1 Å². The van der Waals surface area contributed by atoms with Gasteiger partial charge in [0.25, 0.3) is 4.58 Å². The molecule has 0 aromatic heterocycles. The number of halogens is 7. The summed E-state index contributed by atoms with van der Waals surface area (Å²) in [7, 11) is 0. The zero-order valence-corrected chi connectivity index (χ0v) is 8.23. The van der Waals surface area contributed by atoms with Gasteiger partial charge in [-0.15, -0.1) is 0 Å². The Bertz CT molecular complexity index is 195. The van der Waals surface area contributed by atoms with Gasteiger partial charge in [-0.05, 0) is 15.9 Å². The van der Waals surface area contributed by atoms with Crippen molar-refractivity contribution in [3.05, 3.63) is 0 Å². The van der Waals surface area contributed by atoms with Crippen molar-refractivity contribution in [2.75, 3.05) is 0 Å². The van der Waals surface area contributed by atoms with E-state index < -0.39 is 21.4 Å². The Hall–Kier alpha value is 0.740. The van der Waals surface area contributed by atoms with Gasteiger partial charge in [-0.3, -0.25) is 0 Å². The summed E-state index contributed by atoms with van der Waals surface area (Å²) >= 11 is 11.5. The summed E-state index contributed by atoms with van der Waals surface area (Å²) in [5.74, 6) is -8.06. The molecule has 1 nitrogen and oxygen atoms in total. The predicted octanol–water partition coefficient (Wildman–Crippen LogP) is 3.14. The largest absolute Gasteiger partial charge is 0.359 e. The first-order valence-electron chi connectivity index (χ1n) is 2.57. The van der Waals surface area contributed by atoms with E-state index in [0.717, 1.165) is 0 Å². The van der Waals surface area contributed by atoms with E-state index >= 15 is 0 Å². The smallest absolute Gasteiger partial charge is 0.304 e. The molecule has 0 saturated heterocycles. The van der Waals surface area contributed by atoms with Crippen molar-refractivity contribution in [3.8, 4) is 0 Å². The predicted molar refractivity (Wildman–Crippen MR) is 38.1 cm³/mol. The van der Waals surface area contributed by atoms with Crippen LogP contribution in [0, 0.1) is 0 Å². The summed E-state index contributed by atoms with van der Waals surface area (Å²) < 4.78 is 50.0. The topological polar surface area (TPSA) is 9.23 Å². The van der Waals surface area contributed by atoms with Gasteiger partial charge in [0.1, 0.15) is 0 Å². The summed E-state index contributed by atoms with van der Waals surface area (Å²) in [5, 5.41) is -1.85. The zero-order chi connectivity index (χ0) is 9.78. The minimum absolute atomic E-state index is 1.82. The van der Waals surface area contributed by atoms with Gasteiger partial charge in [0, 0.05) is 0 Å². The highest BCUT2D eigenvalue weighted by molar-refractivity contribution is 9.10. The van der Waals surface area contributed by atoms with Crippen LogP contribution in [-0.2, 0) is 4.74 Å². The van der Waals surface area contributed by atoms with Crippen LogP contribution in [0.3, 0.4) is 0 Å². The van der Waals surface area contributed by atoms with Crippen LogP contribution in [0.4, 0.5) is 17.6 Å². The van der Waals surface area contributed by atoms with Crippen molar-refractivity contribution in [1.82, 2.24) is 0 Å². The molecular weight excluding hydrogens is 291 g/mol. The Morgan fingerprint density at radius 2 is 1.50 bits per heavy atom. The van der Waals surface area contributed by atoms with Crippen molar-refractivity contribution in [2.24, 2.45) is 0 Å². The van der Waals surface area contributed by atoms with E-state index in [9.17, 15) is 17.6 Å². The standard InChI is InChI=1S/C4HBrCl2F4O/c5-2(8)3(9,10)4(2,11)12-1(6)7/h1H. The van der Waals surface area contributed by atoms with Crippen LogP contribution in [0.1, 0.15) is 0 Å². The molecule has 1 aliphatic carbocycles. The van der Waals surface area contributed by atoms with Gasteiger partial charge in [-0.2, -0.15) is 8.78 Å². The molecule has 1 saturated carbocycles. The first-order chi connectivity index (χ1) is 5.17. The SMILES string of the molecule is FC1(F)C(F)(Br)C1(F)OC(Cl)Cl. The van der Waals surface area contributed by atoms with Gasteiger partial charge < -0.3 is 4.74 Å². The average molecular weight is 292 g/mol. The molecule has 0 radical (unpaired) electrons. The second-order valence-electron chi connectivity index (χ2n) is 2.12. The molecule has 0 aliphatic heterocycles. The minimum atomic E-state index is -4.28. The van der Waals surface area contributed by atoms with Crippen LogP contribution < -0.4 is 0 Å². The second-order valence-corrected chi connectivity index (χ2v) is 4.23. The maximum atomic E-state index is 12.7. The lowest BCUT2D eigenvalue weighted by atomic mass is 10.7. The third kappa shape index (κ3) is 1.08. The number of hydrogen-bond acceptors (Lipinski definition) is 1. The average Bonchev–Trinajstić information content (AvgIpc) is 2.08. The Morgan fingerprint density at radius 3 is 1.58 bits per heavy atom. The molecule has 0 amide bonds. The highest BCUT2D eigenvalue weighted by atomic mass is 79.9. The summed E-state index contributed by atoms with van der Waals surface area (Å²) in [5.41, 5.74) is 0. The first-order valence-corrected chi connectivity index (χ1v) is 4.24. The number of ether oxygens (including phenoxy) is 1. The minimum Gasteiger partial charge on any atom is -0.304 e. The van der Waals surface area contributed by atoms with E-state index in [1.165, 1.54) is 0 Å². The van der Waals surface area contributed by atoms with Crippen LogP contribution in [-0.4, -0.2) is 21.4 Å². The summed E-state index contributed by atoms with van der Waals surface area (Å²) in [6, 6.07) is 0. The van der Waals surface area contributed by atoms with Gasteiger partial charge >= 0.3 is 11.8 Å². The third-order valence-electron chi connectivity index (χ3n) is 1.39. The lowest BCUT2D eigenvalue weighted by Crippen LogP contribution is -2.20. The quantitative estimate of drug-likeness (QED) is 0.561. The molecule has 12 heavy (non-hydrogen) atoms. The van der Waals surface area contributed by atoms with Crippen molar-refractivity contribution < 1.29 is 22.3 Å². The molecule has 2 atom stereocenters. The van der Waals surface area contributed by atoms with Crippen molar-refractivity contribution in [2.45, 2.75) is 21.4 Å². The molecular formula is C4HBrCl2F4O. The lowest BCUT2D eigenvalue weighted by molar-refractivity contribution is -0.130. The monoisotopic (exact) mass is 290 g/mol. The van der Waals surface area contributed by atoms with Crippen LogP contribution >= 0.6 is 39.1 Å². The molecule has 1 rings (SSSR count). The molecule has 8 heteroatoms. The van der Waals surface area contributed by atoms with Crippen molar-refractivity contribution in [1.29, 1.82) is 0 Å². The van der Waals surface area contributed by atoms with E-state index in [1.807, 2.05) is 15.9 Å². The van der Waals surface area contributed by atoms with Gasteiger partial charge in [0.15, 0.2) is 0 Å². The fourth-order valence-electron chi connectivity index (χ4n) is 0.634. The lowest BCUT2D eigenvalue weighted by Gasteiger charge is -2.07. The molecule has 0 spiro atoms. The van der Waals surface area contributed by atoms with Crippen LogP contribution in [0.15, 0.2) is 0 Å². The summed E-state index contributed by atoms with van der Waals surface area (Å²) in [6.45, 7) is 0. The van der Waals surface area contributed by atoms with Crippen molar-refractivity contribution in [3.63, 3.8) is 0 Å². The van der Waals surface area contributed by atoms with E-state index in [0.29, 0.717) is 0 Å². The Kier molecular flexibility index (Phi) is 2.36. The Labute approximate surface area is 83.1 Å². The number of alkyl halides is 7. The second kappa shape index (κ2) is 2.62. The fourth-order valence-corrected chi connectivity index (χ4v) is 1.38. The van der Waals surface area contributed by atoms with Gasteiger partial charge in [-0.25, -0.2) is 8.78 Å². The number of rotatable bonds is 2. The Balaban J connectivity index is 2.78. The van der Waals surface area contributed by atoms with Crippen LogP contribution in [0.5, 0.6) is 0 Å². The zero-order valence-electron chi connectivity index (χ0n) is 5.13. The van der Waals surface area contributed by atoms with E-state index in [2.05, 4.69) is 4.74 Å². The Morgan fingerprint density at radius 1 is 1.17 bits per heavy atom. The van der Waals surface area contributed by atoms with Crippen LogP contribution in [0.25, 0.3) is 0 Å². The molecule has 0 heterocycles. The molecule has 2 unspecified atom stereocenters. The van der Waals surface area contributed by atoms with Gasteiger partial charge in [0.2, 0.25) is 5.02 Å².